The average Bonchev–Trinajstić information content (AvgIpc) is 2.57. The van der Waals surface area contributed by atoms with Crippen LogP contribution in [0, 0.1) is 0 Å². The first-order valence-corrected chi connectivity index (χ1v) is 9.31. The fourth-order valence-electron chi connectivity index (χ4n) is 2.00. The lowest BCUT2D eigenvalue weighted by Crippen LogP contribution is -2.39. The third-order valence-electron chi connectivity index (χ3n) is 3.19. The van der Waals surface area contributed by atoms with Crippen molar-refractivity contribution >= 4 is 81.3 Å². The Balaban J connectivity index is 2.30. The summed E-state index contributed by atoms with van der Waals surface area (Å²) in [5, 5.41) is 2.81. The number of halogens is 6. The molecule has 26 heavy (non-hydrogen) atoms. The minimum Gasteiger partial charge on any atom is -0.493 e. The van der Waals surface area contributed by atoms with Gasteiger partial charge in [-0.25, -0.2) is 9.98 Å². The van der Waals surface area contributed by atoms with Crippen molar-refractivity contribution in [2.24, 2.45) is 9.98 Å². The summed E-state index contributed by atoms with van der Waals surface area (Å²) in [5.41, 5.74) is 0.931. The van der Waals surface area contributed by atoms with Gasteiger partial charge in [-0.1, -0.05) is 75.7 Å². The quantitative estimate of drug-likeness (QED) is 0.602. The minimum atomic E-state index is -1.87. The highest BCUT2D eigenvalue weighted by molar-refractivity contribution is 6.79. The molecule has 0 saturated heterocycles. The molecule has 1 N–H and O–H groups in total. The SMILES string of the molecule is COc1ccc(CC=C2N=C(C(Cl)(Cl)Cl)N=C(C(Cl)(Cl)Cl)N2)cc1OC. The van der Waals surface area contributed by atoms with Gasteiger partial charge in [0.1, 0.15) is 5.82 Å². The molecule has 0 unspecified atom stereocenters. The molecule has 0 amide bonds. The second-order valence-electron chi connectivity index (χ2n) is 5.00. The smallest absolute Gasteiger partial charge is 0.250 e. The van der Waals surface area contributed by atoms with Crippen LogP contribution in [0.15, 0.2) is 40.1 Å². The van der Waals surface area contributed by atoms with Crippen molar-refractivity contribution in [2.45, 2.75) is 14.0 Å². The van der Waals surface area contributed by atoms with Gasteiger partial charge >= 0.3 is 0 Å². The zero-order chi connectivity index (χ0) is 19.5. The predicted octanol–water partition coefficient (Wildman–Crippen LogP) is 5.23. The monoisotopic (exact) mass is 477 g/mol. The van der Waals surface area contributed by atoms with Crippen LogP contribution in [0.25, 0.3) is 0 Å². The number of rotatable bonds is 4. The Bertz CT molecular complexity index is 766. The topological polar surface area (TPSA) is 55.2 Å². The van der Waals surface area contributed by atoms with E-state index in [0.29, 0.717) is 23.7 Å². The van der Waals surface area contributed by atoms with Crippen LogP contribution in [-0.4, -0.2) is 33.5 Å². The lowest BCUT2D eigenvalue weighted by atomic mass is 10.1. The van der Waals surface area contributed by atoms with Crippen LogP contribution in [0.1, 0.15) is 5.56 Å². The molecule has 1 aromatic carbocycles. The Morgan fingerprint density at radius 1 is 0.962 bits per heavy atom. The normalized spacial score (nSPS) is 16.7. The van der Waals surface area contributed by atoms with Gasteiger partial charge in [-0.2, -0.15) is 0 Å². The van der Waals surface area contributed by atoms with Gasteiger partial charge in [0.15, 0.2) is 23.2 Å². The maximum atomic E-state index is 5.88. The third-order valence-corrected chi connectivity index (χ3v) is 4.24. The number of hydrogen-bond acceptors (Lipinski definition) is 5. The number of hydrogen-bond donors (Lipinski definition) is 1. The molecule has 1 heterocycles. The number of nitrogens with zero attached hydrogens (tertiary/aromatic N) is 2. The third kappa shape index (κ3) is 5.72. The molecule has 142 valence electrons. The van der Waals surface area contributed by atoms with Gasteiger partial charge in [-0.05, 0) is 30.2 Å². The van der Waals surface area contributed by atoms with E-state index in [9.17, 15) is 0 Å². The molecule has 0 aliphatic carbocycles. The van der Waals surface area contributed by atoms with Gasteiger partial charge in [0.25, 0.3) is 0 Å². The molecule has 0 aromatic heterocycles. The molecule has 0 spiro atoms. The fraction of sp³-hybridized carbons (Fsp3) is 0.333. The number of aliphatic imine (C=N–C) groups is 2. The zero-order valence-corrected chi connectivity index (χ0v) is 18.0. The van der Waals surface area contributed by atoms with E-state index in [0.717, 1.165) is 5.56 Å². The van der Waals surface area contributed by atoms with Gasteiger partial charge in [0.05, 0.1) is 14.2 Å². The Labute approximate surface area is 180 Å². The molecule has 1 aliphatic heterocycles. The summed E-state index contributed by atoms with van der Waals surface area (Å²) in [6.07, 6.45) is 2.22. The number of allylic oxidation sites excluding steroid dienone is 1. The number of nitrogens with one attached hydrogen (secondary N) is 1. The van der Waals surface area contributed by atoms with E-state index in [1.54, 1.807) is 26.4 Å². The number of benzene rings is 1. The van der Waals surface area contributed by atoms with Gasteiger partial charge in [-0.3, -0.25) is 0 Å². The molecule has 11 heteroatoms. The van der Waals surface area contributed by atoms with E-state index >= 15 is 0 Å². The van der Waals surface area contributed by atoms with E-state index in [1.165, 1.54) is 0 Å². The summed E-state index contributed by atoms with van der Waals surface area (Å²) in [7, 11) is 3.13. The highest BCUT2D eigenvalue weighted by atomic mass is 35.6. The average molecular weight is 480 g/mol. The molecule has 1 aromatic rings. The van der Waals surface area contributed by atoms with E-state index < -0.39 is 7.59 Å². The van der Waals surface area contributed by atoms with Crippen LogP contribution in [0.5, 0.6) is 11.5 Å². The van der Waals surface area contributed by atoms with Crippen LogP contribution in [0.3, 0.4) is 0 Å². The maximum absolute atomic E-state index is 5.88. The van der Waals surface area contributed by atoms with Crippen molar-refractivity contribution in [2.75, 3.05) is 14.2 Å². The predicted molar refractivity (Wildman–Crippen MR) is 110 cm³/mol. The highest BCUT2D eigenvalue weighted by Crippen LogP contribution is 2.34. The molecule has 0 bridgehead atoms. The van der Waals surface area contributed by atoms with Gasteiger partial charge < -0.3 is 14.8 Å². The molecule has 0 saturated carbocycles. The molecule has 0 radical (unpaired) electrons. The molecule has 2 rings (SSSR count). The van der Waals surface area contributed by atoms with Crippen molar-refractivity contribution in [1.82, 2.24) is 5.32 Å². The Morgan fingerprint density at radius 3 is 2.15 bits per heavy atom. The lowest BCUT2D eigenvalue weighted by Gasteiger charge is -2.23. The van der Waals surface area contributed by atoms with Crippen LogP contribution in [0.4, 0.5) is 0 Å². The summed E-state index contributed by atoms with van der Waals surface area (Å²) in [6, 6.07) is 5.51. The molecule has 0 atom stereocenters. The maximum Gasteiger partial charge on any atom is 0.250 e. The molecule has 5 nitrogen and oxygen atoms in total. The Kier molecular flexibility index (Phi) is 7.22. The largest absolute Gasteiger partial charge is 0.493 e. The number of methoxy groups -OCH3 is 2. The van der Waals surface area contributed by atoms with E-state index in [2.05, 4.69) is 15.3 Å². The standard InChI is InChI=1S/C15H13Cl6N3O2/c1-25-9-5-3-8(7-10(9)26-2)4-6-11-22-12(14(16,17)18)24-13(23-11)15(19,20)21/h3,5-7H,4H2,1-2H3,(H,22,23,24). The van der Waals surface area contributed by atoms with Crippen LogP contribution < -0.4 is 14.8 Å². The summed E-state index contributed by atoms with van der Waals surface area (Å²) < 4.78 is 6.79. The van der Waals surface area contributed by atoms with E-state index in [1.807, 2.05) is 12.1 Å². The van der Waals surface area contributed by atoms with Gasteiger partial charge in [-0.15, -0.1) is 0 Å². The minimum absolute atomic E-state index is 0.0163. The van der Waals surface area contributed by atoms with Gasteiger partial charge in [0, 0.05) is 0 Å². The van der Waals surface area contributed by atoms with Gasteiger partial charge in [0.2, 0.25) is 7.59 Å². The summed E-state index contributed by atoms with van der Waals surface area (Å²) in [6.45, 7) is 0. The number of alkyl halides is 6. The van der Waals surface area contributed by atoms with Crippen LogP contribution in [-0.2, 0) is 6.42 Å². The fourth-order valence-corrected chi connectivity index (χ4v) is 2.52. The Morgan fingerprint density at radius 2 is 1.62 bits per heavy atom. The van der Waals surface area contributed by atoms with Crippen LogP contribution in [0.2, 0.25) is 0 Å². The van der Waals surface area contributed by atoms with Crippen molar-refractivity contribution in [1.29, 1.82) is 0 Å². The zero-order valence-electron chi connectivity index (χ0n) is 13.5. The van der Waals surface area contributed by atoms with Crippen molar-refractivity contribution in [3.63, 3.8) is 0 Å². The molecular formula is C15H13Cl6N3O2. The molecular weight excluding hydrogens is 467 g/mol. The first kappa shape index (κ1) is 21.7. The molecule has 0 fully saturated rings. The highest BCUT2D eigenvalue weighted by Gasteiger charge is 2.36. The number of amidine groups is 2. The first-order chi connectivity index (χ1) is 12.0. The summed E-state index contributed by atoms with van der Waals surface area (Å²) in [5.74, 6) is 1.44. The van der Waals surface area contributed by atoms with Crippen molar-refractivity contribution in [3.8, 4) is 11.5 Å². The van der Waals surface area contributed by atoms with E-state index in [4.69, 9.17) is 79.1 Å². The van der Waals surface area contributed by atoms with Crippen LogP contribution >= 0.6 is 69.6 Å². The molecule has 1 aliphatic rings. The second kappa shape index (κ2) is 8.63. The van der Waals surface area contributed by atoms with E-state index in [-0.39, 0.29) is 11.7 Å². The lowest BCUT2D eigenvalue weighted by molar-refractivity contribution is 0.354. The van der Waals surface area contributed by atoms with Crippen molar-refractivity contribution < 1.29 is 9.47 Å². The summed E-state index contributed by atoms with van der Waals surface area (Å²) in [4.78, 5) is 8.13. The Hall–Kier alpha value is -0.560. The van der Waals surface area contributed by atoms with Crippen molar-refractivity contribution in [3.05, 3.63) is 35.7 Å². The summed E-state index contributed by atoms with van der Waals surface area (Å²) >= 11 is 35.2. The number of ether oxygens (including phenoxy) is 2. The second-order valence-corrected chi connectivity index (χ2v) is 9.56. The first-order valence-electron chi connectivity index (χ1n) is 7.04.